The first-order chi connectivity index (χ1) is 12.7. The molecule has 2 aromatic rings. The summed E-state index contributed by atoms with van der Waals surface area (Å²) in [4.78, 5) is 37.1. The van der Waals surface area contributed by atoms with Gasteiger partial charge in [-0.1, -0.05) is 0 Å². The van der Waals surface area contributed by atoms with E-state index in [2.05, 4.69) is 9.40 Å². The number of hydrogen-bond donors (Lipinski definition) is 3. The molecular formula is C14H13FN4O8. The Balaban J connectivity index is 1.83. The molecule has 0 radical (unpaired) electrons. The number of anilines is 1. The van der Waals surface area contributed by atoms with Crippen molar-refractivity contribution in [3.8, 4) is 0 Å². The number of aromatic nitrogens is 2. The predicted octanol–water partition coefficient (Wildman–Crippen LogP) is -0.225. The predicted molar refractivity (Wildman–Crippen MR) is 83.4 cm³/mol. The molecule has 144 valence electrons. The molecule has 27 heavy (non-hydrogen) atoms. The van der Waals surface area contributed by atoms with Gasteiger partial charge in [0.1, 0.15) is 17.1 Å². The van der Waals surface area contributed by atoms with E-state index < -0.39 is 64.3 Å². The number of furan rings is 1. The molecule has 2 aromatic heterocycles. The Kier molecular flexibility index (Phi) is 4.73. The van der Waals surface area contributed by atoms with E-state index in [1.807, 2.05) is 5.32 Å². The molecule has 0 aromatic carbocycles. The van der Waals surface area contributed by atoms with Gasteiger partial charge < -0.3 is 24.7 Å². The number of aliphatic hydroxyl groups excluding tert-OH is 2. The van der Waals surface area contributed by atoms with Gasteiger partial charge in [-0.3, -0.25) is 19.5 Å². The number of halogens is 1. The van der Waals surface area contributed by atoms with E-state index in [1.54, 1.807) is 0 Å². The van der Waals surface area contributed by atoms with Crippen LogP contribution in [0.4, 0.5) is 16.1 Å². The molecular weight excluding hydrogens is 371 g/mol. The van der Waals surface area contributed by atoms with E-state index in [0.29, 0.717) is 10.8 Å². The Morgan fingerprint density at radius 2 is 2.11 bits per heavy atom. The largest absolute Gasteiger partial charge is 0.433 e. The van der Waals surface area contributed by atoms with Gasteiger partial charge in [-0.05, 0) is 13.0 Å². The second-order valence-corrected chi connectivity index (χ2v) is 5.69. The maximum Gasteiger partial charge on any atom is 0.433 e. The highest BCUT2D eigenvalue weighted by Gasteiger charge is 2.42. The molecule has 1 fully saturated rings. The zero-order chi connectivity index (χ0) is 19.9. The number of hydrogen-bond acceptors (Lipinski definition) is 9. The van der Waals surface area contributed by atoms with Crippen molar-refractivity contribution in [2.24, 2.45) is 0 Å². The van der Waals surface area contributed by atoms with Crippen LogP contribution in [-0.4, -0.2) is 48.9 Å². The lowest BCUT2D eigenvalue weighted by Crippen LogP contribution is -2.36. The standard InChI is InChI=1S/C14H13FN4O8/c1-5-9(20)10(21)13(26-5)18-4-6(15)11(17-14(18)23)16-12(22)7-2-3-8(27-7)19(24)25/h2-5,9-10,13,20-21H,1H3,(H,16,17,22,23)/t5-,9?,10?,13-/m1/s1. The maximum absolute atomic E-state index is 14.2. The lowest BCUT2D eigenvalue weighted by atomic mass is 10.1. The monoisotopic (exact) mass is 384 g/mol. The SMILES string of the molecule is C[C@H]1O[C@@H](n2cc(F)c(NC(=O)c3ccc([N+](=O)[O-])o3)nc2=O)C(O)C1O. The average Bonchev–Trinajstić information content (AvgIpc) is 3.20. The zero-order valence-electron chi connectivity index (χ0n) is 13.6. The third-order valence-corrected chi connectivity index (χ3v) is 3.89. The van der Waals surface area contributed by atoms with Crippen molar-refractivity contribution < 1.29 is 33.5 Å². The van der Waals surface area contributed by atoms with Crippen LogP contribution in [0.15, 0.2) is 27.5 Å². The second kappa shape index (κ2) is 6.86. The summed E-state index contributed by atoms with van der Waals surface area (Å²) in [7, 11) is 0. The molecule has 1 amide bonds. The van der Waals surface area contributed by atoms with Crippen molar-refractivity contribution in [3.63, 3.8) is 0 Å². The first-order valence-corrected chi connectivity index (χ1v) is 7.55. The lowest BCUT2D eigenvalue weighted by molar-refractivity contribution is -0.402. The molecule has 1 aliphatic heterocycles. The van der Waals surface area contributed by atoms with E-state index in [-0.39, 0.29) is 0 Å². The van der Waals surface area contributed by atoms with Gasteiger partial charge in [0, 0.05) is 0 Å². The number of nitrogens with zero attached hydrogens (tertiary/aromatic N) is 3. The molecule has 3 heterocycles. The minimum Gasteiger partial charge on any atom is -0.395 e. The number of nitrogens with one attached hydrogen (secondary N) is 1. The number of nitro groups is 1. The second-order valence-electron chi connectivity index (χ2n) is 5.69. The van der Waals surface area contributed by atoms with Crippen molar-refractivity contribution in [1.29, 1.82) is 0 Å². The average molecular weight is 384 g/mol. The lowest BCUT2D eigenvalue weighted by Gasteiger charge is -2.17. The Morgan fingerprint density at radius 1 is 1.41 bits per heavy atom. The van der Waals surface area contributed by atoms with Crippen molar-refractivity contribution in [3.05, 3.63) is 50.5 Å². The number of carbonyl (C=O) groups excluding carboxylic acids is 1. The molecule has 1 saturated heterocycles. The molecule has 3 rings (SSSR count). The summed E-state index contributed by atoms with van der Waals surface area (Å²) in [6, 6.07) is 1.93. The topological polar surface area (TPSA) is 170 Å². The number of aliphatic hydroxyl groups is 2. The smallest absolute Gasteiger partial charge is 0.395 e. The van der Waals surface area contributed by atoms with Crippen LogP contribution in [0.25, 0.3) is 0 Å². The summed E-state index contributed by atoms with van der Waals surface area (Å²) in [5, 5.41) is 32.1. The molecule has 2 unspecified atom stereocenters. The minimum absolute atomic E-state index is 0.487. The number of amides is 1. The Hall–Kier alpha value is -3.16. The molecule has 3 N–H and O–H groups in total. The van der Waals surface area contributed by atoms with Gasteiger partial charge >= 0.3 is 11.6 Å². The molecule has 0 bridgehead atoms. The first kappa shape index (κ1) is 18.6. The van der Waals surface area contributed by atoms with Crippen molar-refractivity contribution >= 4 is 17.6 Å². The van der Waals surface area contributed by atoms with Gasteiger partial charge in [-0.15, -0.1) is 0 Å². The van der Waals surface area contributed by atoms with Gasteiger partial charge in [0.15, 0.2) is 23.6 Å². The fourth-order valence-corrected chi connectivity index (χ4v) is 2.49. The molecule has 0 spiro atoms. The van der Waals surface area contributed by atoms with Crippen LogP contribution in [0, 0.1) is 15.9 Å². The summed E-state index contributed by atoms with van der Waals surface area (Å²) in [5.74, 6) is -4.13. The fraction of sp³-hybridized carbons (Fsp3) is 0.357. The molecule has 0 aliphatic carbocycles. The summed E-state index contributed by atoms with van der Waals surface area (Å²) in [6.07, 6.45) is -4.27. The Labute approximate surface area is 149 Å². The minimum atomic E-state index is -1.48. The highest BCUT2D eigenvalue weighted by atomic mass is 19.1. The van der Waals surface area contributed by atoms with E-state index in [4.69, 9.17) is 4.74 Å². The molecule has 1 aliphatic rings. The Bertz CT molecular complexity index is 957. The van der Waals surface area contributed by atoms with Crippen LogP contribution < -0.4 is 11.0 Å². The number of rotatable bonds is 4. The van der Waals surface area contributed by atoms with Crippen LogP contribution in [0.3, 0.4) is 0 Å². The zero-order valence-corrected chi connectivity index (χ0v) is 13.6. The highest BCUT2D eigenvalue weighted by molar-refractivity contribution is 6.01. The first-order valence-electron chi connectivity index (χ1n) is 7.55. The molecule has 12 nitrogen and oxygen atoms in total. The highest BCUT2D eigenvalue weighted by Crippen LogP contribution is 2.28. The molecule has 4 atom stereocenters. The molecule has 13 heteroatoms. The van der Waals surface area contributed by atoms with Crippen LogP contribution >= 0.6 is 0 Å². The quantitative estimate of drug-likeness (QED) is 0.476. The summed E-state index contributed by atoms with van der Waals surface area (Å²) < 4.78 is 24.8. The van der Waals surface area contributed by atoms with Gasteiger partial charge in [-0.25, -0.2) is 9.18 Å². The van der Waals surface area contributed by atoms with E-state index in [1.165, 1.54) is 6.92 Å². The van der Waals surface area contributed by atoms with E-state index >= 15 is 0 Å². The van der Waals surface area contributed by atoms with Crippen molar-refractivity contribution in [2.45, 2.75) is 31.5 Å². The normalized spacial score (nSPS) is 24.7. The summed E-state index contributed by atoms with van der Waals surface area (Å²) >= 11 is 0. The van der Waals surface area contributed by atoms with Crippen LogP contribution in [-0.2, 0) is 4.74 Å². The number of ether oxygens (including phenoxy) is 1. The van der Waals surface area contributed by atoms with Gasteiger partial charge in [0.2, 0.25) is 0 Å². The molecule has 0 saturated carbocycles. The van der Waals surface area contributed by atoms with Gasteiger partial charge in [0.25, 0.3) is 5.91 Å². The maximum atomic E-state index is 14.2. The third-order valence-electron chi connectivity index (χ3n) is 3.89. The Morgan fingerprint density at radius 3 is 2.67 bits per heavy atom. The third kappa shape index (κ3) is 3.42. The van der Waals surface area contributed by atoms with Gasteiger partial charge in [-0.2, -0.15) is 4.98 Å². The van der Waals surface area contributed by atoms with Crippen LogP contribution in [0.1, 0.15) is 23.7 Å². The summed E-state index contributed by atoms with van der Waals surface area (Å²) in [5.41, 5.74) is -1.07. The number of carbonyl (C=O) groups is 1. The summed E-state index contributed by atoms with van der Waals surface area (Å²) in [6.45, 7) is 1.46. The van der Waals surface area contributed by atoms with Crippen LogP contribution in [0.5, 0.6) is 0 Å². The van der Waals surface area contributed by atoms with Gasteiger partial charge in [0.05, 0.1) is 18.4 Å². The fourth-order valence-electron chi connectivity index (χ4n) is 2.49. The van der Waals surface area contributed by atoms with E-state index in [9.17, 15) is 34.3 Å². The van der Waals surface area contributed by atoms with Crippen molar-refractivity contribution in [1.82, 2.24) is 9.55 Å². The van der Waals surface area contributed by atoms with E-state index in [0.717, 1.165) is 12.1 Å². The van der Waals surface area contributed by atoms with Crippen LogP contribution in [0.2, 0.25) is 0 Å². The van der Waals surface area contributed by atoms with Crippen molar-refractivity contribution in [2.75, 3.05) is 5.32 Å².